The van der Waals surface area contributed by atoms with Gasteiger partial charge in [-0.3, -0.25) is 38.1 Å². The maximum Gasteiger partial charge on any atom is 0.263 e. The van der Waals surface area contributed by atoms with Crippen molar-refractivity contribution in [1.29, 1.82) is 0 Å². The number of anilines is 3. The van der Waals surface area contributed by atoms with Crippen LogP contribution in [0, 0.1) is 18.7 Å². The average Bonchev–Trinajstić information content (AvgIpc) is 4.31. The van der Waals surface area contributed by atoms with Crippen molar-refractivity contribution in [3.8, 4) is 0 Å². The zero-order valence-corrected chi connectivity index (χ0v) is 45.4. The van der Waals surface area contributed by atoms with Crippen molar-refractivity contribution in [2.45, 2.75) is 148 Å². The van der Waals surface area contributed by atoms with Crippen molar-refractivity contribution in [3.63, 3.8) is 0 Å². The minimum Gasteiger partial charge on any atom is -0.367 e. The van der Waals surface area contributed by atoms with Crippen LogP contribution in [0.15, 0.2) is 59.0 Å². The molecule has 0 bridgehead atoms. The number of likely N-dealkylation sites (tertiary alicyclic amines) is 1. The molecule has 2 aliphatic carbocycles. The van der Waals surface area contributed by atoms with Gasteiger partial charge in [-0.15, -0.1) is 11.3 Å². The lowest BCUT2D eigenvalue weighted by Crippen LogP contribution is -2.56. The molecule has 2 saturated carbocycles. The molecule has 4 aliphatic rings. The van der Waals surface area contributed by atoms with Crippen molar-refractivity contribution >= 4 is 75.0 Å². The van der Waals surface area contributed by atoms with Gasteiger partial charge in [-0.1, -0.05) is 38.5 Å². The maximum atomic E-state index is 14.5. The van der Waals surface area contributed by atoms with Crippen molar-refractivity contribution < 1.29 is 33.2 Å². The van der Waals surface area contributed by atoms with Gasteiger partial charge in [0.05, 0.1) is 23.5 Å². The lowest BCUT2D eigenvalue weighted by atomic mass is 9.83. The van der Waals surface area contributed by atoms with Gasteiger partial charge < -0.3 is 30.2 Å². The van der Waals surface area contributed by atoms with Crippen LogP contribution < -0.4 is 21.1 Å². The highest BCUT2D eigenvalue weighted by Gasteiger charge is 2.41. The van der Waals surface area contributed by atoms with Crippen LogP contribution in [0.4, 0.5) is 21.8 Å². The molecule has 77 heavy (non-hydrogen) atoms. The average molecular weight is 1070 g/mol. The highest BCUT2D eigenvalue weighted by Crippen LogP contribution is 2.37. The lowest BCUT2D eigenvalue weighted by Gasteiger charge is -2.36. The molecule has 9 rings (SSSR count). The van der Waals surface area contributed by atoms with E-state index in [0.717, 1.165) is 69.9 Å². The summed E-state index contributed by atoms with van der Waals surface area (Å²) < 4.78 is 15.2. The Morgan fingerprint density at radius 1 is 0.818 bits per heavy atom. The first-order valence-corrected chi connectivity index (χ1v) is 28.4. The molecule has 1 aromatic carbocycles. The van der Waals surface area contributed by atoms with E-state index < -0.39 is 17.9 Å². The molecular weight excluding hydrogens is 1000 g/mol. The predicted molar refractivity (Wildman–Crippen MR) is 292 cm³/mol. The number of aromatic nitrogens is 5. The first-order valence-electron chi connectivity index (χ1n) is 27.5. The molecule has 0 spiro atoms. The fraction of sp³-hybridized carbons (Fsp3) is 0.526. The van der Waals surface area contributed by atoms with Crippen LogP contribution in [0.1, 0.15) is 166 Å². The molecule has 408 valence electrons. The molecule has 0 radical (unpaired) electrons. The first kappa shape index (κ1) is 54.8. The summed E-state index contributed by atoms with van der Waals surface area (Å²) in [6.07, 6.45) is 15.7. The highest BCUT2D eigenvalue weighted by molar-refractivity contribution is 7.10. The monoisotopic (exact) mass is 1070 g/mol. The van der Waals surface area contributed by atoms with E-state index >= 15 is 0 Å². The van der Waals surface area contributed by atoms with Gasteiger partial charge in [0.2, 0.25) is 35.4 Å². The molecule has 18 nitrogen and oxygen atoms in total. The smallest absolute Gasteiger partial charge is 0.263 e. The van der Waals surface area contributed by atoms with Crippen molar-refractivity contribution in [3.05, 3.63) is 97.7 Å². The second-order valence-corrected chi connectivity index (χ2v) is 22.1. The second-order valence-electron chi connectivity index (χ2n) is 21.2. The van der Waals surface area contributed by atoms with Crippen LogP contribution in [0.25, 0.3) is 11.0 Å². The topological polar surface area (TPSA) is 213 Å². The lowest BCUT2D eigenvalue weighted by molar-refractivity contribution is -0.142. The van der Waals surface area contributed by atoms with E-state index in [9.17, 15) is 38.0 Å². The van der Waals surface area contributed by atoms with Gasteiger partial charge in [-0.2, -0.15) is 4.98 Å². The Bertz CT molecular complexity index is 3040. The minimum absolute atomic E-state index is 0.0240. The Hall–Kier alpha value is -6.96. The fourth-order valence-corrected chi connectivity index (χ4v) is 12.6. The molecule has 5 aromatic rings. The number of carbonyl (C=O) groups is 6. The summed E-state index contributed by atoms with van der Waals surface area (Å²) in [5.74, 6) is -0.897. The summed E-state index contributed by atoms with van der Waals surface area (Å²) >= 11 is 1.32. The van der Waals surface area contributed by atoms with Crippen molar-refractivity contribution in [2.75, 3.05) is 50.0 Å². The van der Waals surface area contributed by atoms with Gasteiger partial charge in [-0.05, 0) is 120 Å². The number of likely N-dealkylation sites (N-methyl/N-ethyl adjacent to an activating group) is 1. The number of amides is 4. The van der Waals surface area contributed by atoms with E-state index in [1.165, 1.54) is 47.4 Å². The number of nitrogens with zero attached hydrogens (tertiary/aromatic N) is 9. The quantitative estimate of drug-likeness (QED) is 0.0590. The van der Waals surface area contributed by atoms with E-state index in [2.05, 4.69) is 30.5 Å². The van der Waals surface area contributed by atoms with E-state index in [-0.39, 0.29) is 76.4 Å². The van der Waals surface area contributed by atoms with Gasteiger partial charge in [0, 0.05) is 81.2 Å². The van der Waals surface area contributed by atoms with Crippen molar-refractivity contribution in [2.24, 2.45) is 5.92 Å². The zero-order valence-electron chi connectivity index (χ0n) is 44.6. The molecule has 2 aliphatic heterocycles. The number of hydrogen-bond acceptors (Lipinski definition) is 14. The number of pyridine rings is 2. The Morgan fingerprint density at radius 3 is 2.23 bits per heavy atom. The number of hydrogen-bond donors (Lipinski definition) is 2. The van der Waals surface area contributed by atoms with Crippen molar-refractivity contribution in [1.82, 2.24) is 44.5 Å². The number of rotatable bonds is 19. The van der Waals surface area contributed by atoms with E-state index in [0.29, 0.717) is 104 Å². The molecule has 20 heteroatoms. The second kappa shape index (κ2) is 24.6. The summed E-state index contributed by atoms with van der Waals surface area (Å²) in [5, 5.41) is 9.27. The number of piperazine rings is 1. The van der Waals surface area contributed by atoms with Gasteiger partial charge in [0.15, 0.2) is 5.78 Å². The third kappa shape index (κ3) is 12.4. The van der Waals surface area contributed by atoms with Crippen LogP contribution in [-0.4, -0.2) is 126 Å². The van der Waals surface area contributed by atoms with Crippen LogP contribution in [0.3, 0.4) is 0 Å². The first-order chi connectivity index (χ1) is 37.2. The maximum absolute atomic E-state index is 14.5. The summed E-state index contributed by atoms with van der Waals surface area (Å²) in [4.78, 5) is 120. The number of aryl methyl sites for hydroxylation is 1. The van der Waals surface area contributed by atoms with Crippen LogP contribution in [-0.2, 0) is 19.2 Å². The Kier molecular flexibility index (Phi) is 17.5. The van der Waals surface area contributed by atoms with Crippen LogP contribution in [0.2, 0.25) is 0 Å². The van der Waals surface area contributed by atoms with Gasteiger partial charge >= 0.3 is 0 Å². The molecule has 3 atom stereocenters. The normalized spacial score (nSPS) is 18.1. The third-order valence-corrected chi connectivity index (χ3v) is 17.2. The molecule has 4 amide bonds. The largest absolute Gasteiger partial charge is 0.367 e. The molecule has 6 heterocycles. The molecule has 4 aromatic heterocycles. The van der Waals surface area contributed by atoms with Gasteiger partial charge in [0.25, 0.3) is 5.56 Å². The number of thiazole rings is 1. The Labute approximate surface area is 452 Å². The summed E-state index contributed by atoms with van der Waals surface area (Å²) in [7, 11) is 1.62. The number of benzene rings is 1. The highest BCUT2D eigenvalue weighted by atomic mass is 32.1. The standard InChI is InChI=1S/C57H70FN11O7S/c1-35-43-33-60-57(64-52(43)69(41-16-11-12-17-41)55(75)49(35)37(3)70)62-46-26-25-42(32-59-46)66-28-30-67(31-29-66)48(72)20-10-6-9-19-47(71)65(4)36(2)53(74)63-50(38-14-7-5-8-15-38)56(76)68-27-13-18-45(68)54-61-44(34-77-54)51(73)39-21-23-40(58)24-22-39/h21-26,32-34,36,38,41,45,50H,5-20,27-31H2,1-4H3,(H,63,74)(H,59,60,62,64)/t36?,45?,50-/m0/s1. The summed E-state index contributed by atoms with van der Waals surface area (Å²) in [6, 6.07) is 7.21. The Balaban J connectivity index is 0.710. The zero-order chi connectivity index (χ0) is 54.3. The fourth-order valence-electron chi connectivity index (χ4n) is 11.6. The van der Waals surface area contributed by atoms with E-state index in [1.807, 2.05) is 17.0 Å². The summed E-state index contributed by atoms with van der Waals surface area (Å²) in [6.45, 7) is 7.80. The molecule has 2 saturated heterocycles. The molecule has 2 unspecified atom stereocenters. The Morgan fingerprint density at radius 2 is 1.53 bits per heavy atom. The third-order valence-electron chi connectivity index (χ3n) is 16.2. The number of unbranched alkanes of at least 4 members (excludes halogenated alkanes) is 2. The predicted octanol–water partition coefficient (Wildman–Crippen LogP) is 8.26. The number of ketones is 2. The van der Waals surface area contributed by atoms with E-state index in [1.54, 1.807) is 48.1 Å². The van der Waals surface area contributed by atoms with Gasteiger partial charge in [-0.25, -0.2) is 19.3 Å². The molecule has 4 fully saturated rings. The van der Waals surface area contributed by atoms with Crippen LogP contribution in [0.5, 0.6) is 0 Å². The number of nitrogens with one attached hydrogen (secondary N) is 2. The number of halogens is 1. The summed E-state index contributed by atoms with van der Waals surface area (Å²) in [5.41, 5.74) is 2.48. The van der Waals surface area contributed by atoms with Crippen LogP contribution >= 0.6 is 11.3 Å². The van der Waals surface area contributed by atoms with Gasteiger partial charge in [0.1, 0.15) is 40.1 Å². The SMILES string of the molecule is CC(=O)c1c(C)c2cnc(Nc3ccc(N4CCN(C(=O)CCCCCC(=O)N(C)C(C)C(=O)N[C@H](C(=O)N5CCCC5c5nc(C(=O)c6ccc(F)cc6)cs5)C5CCCCC5)CC4)cn3)nc2n(C2CCCC2)c1=O. The van der Waals surface area contributed by atoms with E-state index in [4.69, 9.17) is 4.98 Å². The number of fused-ring (bicyclic) bond motifs is 1. The number of Topliss-reactive ketones (excluding diaryl/α,β-unsaturated/α-hetero) is 1. The molecule has 2 N–H and O–H groups in total. The molecular formula is C57H70FN11O7S. The minimum atomic E-state index is -0.816. The number of carbonyl (C=O) groups excluding carboxylic acids is 6.